The SMILES string of the molecule is C=C(C)CCCC1=CC(=O)OC(C)(C(C)(C)C)O1. The molecule has 0 spiro atoms. The van der Waals surface area contributed by atoms with E-state index in [2.05, 4.69) is 6.58 Å². The minimum absolute atomic E-state index is 0.267. The highest BCUT2D eigenvalue weighted by atomic mass is 16.7. The third-order valence-corrected chi connectivity index (χ3v) is 3.29. The summed E-state index contributed by atoms with van der Waals surface area (Å²) in [6, 6.07) is 0. The van der Waals surface area contributed by atoms with E-state index in [0.717, 1.165) is 24.8 Å². The van der Waals surface area contributed by atoms with E-state index in [9.17, 15) is 4.79 Å². The smallest absolute Gasteiger partial charge is 0.337 e. The van der Waals surface area contributed by atoms with Crippen molar-refractivity contribution in [3.05, 3.63) is 24.0 Å². The summed E-state index contributed by atoms with van der Waals surface area (Å²) in [5, 5.41) is 0. The summed E-state index contributed by atoms with van der Waals surface area (Å²) in [7, 11) is 0. The topological polar surface area (TPSA) is 35.5 Å². The van der Waals surface area contributed by atoms with Gasteiger partial charge in [-0.25, -0.2) is 4.79 Å². The highest BCUT2D eigenvalue weighted by Crippen LogP contribution is 2.39. The summed E-state index contributed by atoms with van der Waals surface area (Å²) in [5.41, 5.74) is 0.879. The van der Waals surface area contributed by atoms with Crippen molar-refractivity contribution in [2.24, 2.45) is 5.41 Å². The summed E-state index contributed by atoms with van der Waals surface area (Å²) < 4.78 is 11.2. The third-order valence-electron chi connectivity index (χ3n) is 3.29. The number of hydrogen-bond donors (Lipinski definition) is 0. The van der Waals surface area contributed by atoms with Gasteiger partial charge in [-0.1, -0.05) is 26.3 Å². The van der Waals surface area contributed by atoms with Crippen molar-refractivity contribution >= 4 is 5.97 Å². The Balaban J connectivity index is 2.71. The summed E-state index contributed by atoms with van der Waals surface area (Å²) in [6.07, 6.45) is 4.08. The maximum atomic E-state index is 11.6. The standard InChI is InChI=1S/C15H24O3/c1-11(2)8-7-9-12-10-13(16)18-15(6,17-12)14(3,4)5/h10H,1,7-9H2,2-6H3. The van der Waals surface area contributed by atoms with Gasteiger partial charge >= 0.3 is 5.97 Å². The van der Waals surface area contributed by atoms with Gasteiger partial charge in [0.2, 0.25) is 0 Å². The fourth-order valence-electron chi connectivity index (χ4n) is 1.65. The van der Waals surface area contributed by atoms with Crippen LogP contribution in [0.4, 0.5) is 0 Å². The lowest BCUT2D eigenvalue weighted by Crippen LogP contribution is -2.48. The van der Waals surface area contributed by atoms with Crippen LogP contribution < -0.4 is 0 Å². The van der Waals surface area contributed by atoms with Gasteiger partial charge in [-0.3, -0.25) is 0 Å². The maximum Gasteiger partial charge on any atom is 0.337 e. The molecule has 0 N–H and O–H groups in total. The van der Waals surface area contributed by atoms with E-state index in [1.54, 1.807) is 0 Å². The first-order valence-corrected chi connectivity index (χ1v) is 6.41. The van der Waals surface area contributed by atoms with E-state index in [-0.39, 0.29) is 11.4 Å². The lowest BCUT2D eigenvalue weighted by Gasteiger charge is -2.43. The molecule has 1 atom stereocenters. The maximum absolute atomic E-state index is 11.6. The third kappa shape index (κ3) is 3.62. The molecule has 1 heterocycles. The van der Waals surface area contributed by atoms with Gasteiger partial charge in [-0.15, -0.1) is 6.58 Å². The fraction of sp³-hybridized carbons (Fsp3) is 0.667. The van der Waals surface area contributed by atoms with Gasteiger partial charge < -0.3 is 9.47 Å². The van der Waals surface area contributed by atoms with Crippen LogP contribution in [0.15, 0.2) is 24.0 Å². The molecule has 0 saturated carbocycles. The molecule has 0 aromatic heterocycles. The zero-order valence-corrected chi connectivity index (χ0v) is 12.1. The Bertz CT molecular complexity index is 374. The van der Waals surface area contributed by atoms with Crippen LogP contribution in [-0.4, -0.2) is 11.8 Å². The lowest BCUT2D eigenvalue weighted by atomic mass is 9.86. The molecule has 1 aliphatic heterocycles. The van der Waals surface area contributed by atoms with Crippen molar-refractivity contribution in [2.75, 3.05) is 0 Å². The number of esters is 1. The minimum atomic E-state index is -0.891. The van der Waals surface area contributed by atoms with Crippen LogP contribution in [0.25, 0.3) is 0 Å². The van der Waals surface area contributed by atoms with E-state index in [4.69, 9.17) is 9.47 Å². The van der Waals surface area contributed by atoms with Crippen molar-refractivity contribution in [3.8, 4) is 0 Å². The predicted molar refractivity (Wildman–Crippen MR) is 71.8 cm³/mol. The summed E-state index contributed by atoms with van der Waals surface area (Å²) in [4.78, 5) is 11.6. The van der Waals surface area contributed by atoms with Crippen LogP contribution >= 0.6 is 0 Å². The Labute approximate surface area is 110 Å². The van der Waals surface area contributed by atoms with Crippen molar-refractivity contribution in [1.82, 2.24) is 0 Å². The molecule has 0 aliphatic carbocycles. The zero-order chi connectivity index (χ0) is 14.0. The Morgan fingerprint density at radius 1 is 1.39 bits per heavy atom. The second-order valence-corrected chi connectivity index (χ2v) is 6.14. The zero-order valence-electron chi connectivity index (χ0n) is 12.1. The number of carbonyl (C=O) groups excluding carboxylic acids is 1. The number of allylic oxidation sites excluding steroid dienone is 2. The fourth-order valence-corrected chi connectivity index (χ4v) is 1.65. The summed E-state index contributed by atoms with van der Waals surface area (Å²) in [6.45, 7) is 13.7. The second-order valence-electron chi connectivity index (χ2n) is 6.14. The van der Waals surface area contributed by atoms with Gasteiger partial charge in [0, 0.05) is 18.8 Å². The van der Waals surface area contributed by atoms with E-state index in [0.29, 0.717) is 5.76 Å². The number of cyclic esters (lactones) is 1. The van der Waals surface area contributed by atoms with E-state index in [1.165, 1.54) is 6.08 Å². The van der Waals surface area contributed by atoms with Crippen LogP contribution in [0.1, 0.15) is 53.9 Å². The largest absolute Gasteiger partial charge is 0.456 e. The number of rotatable bonds is 4. The second kappa shape index (κ2) is 5.17. The van der Waals surface area contributed by atoms with Gasteiger partial charge in [0.1, 0.15) is 5.76 Å². The summed E-state index contributed by atoms with van der Waals surface area (Å²) in [5.74, 6) is -0.494. The van der Waals surface area contributed by atoms with Crippen LogP contribution in [0, 0.1) is 5.41 Å². The van der Waals surface area contributed by atoms with Gasteiger partial charge in [0.15, 0.2) is 0 Å². The van der Waals surface area contributed by atoms with Gasteiger partial charge in [0.25, 0.3) is 5.79 Å². The molecule has 0 fully saturated rings. The molecule has 3 nitrogen and oxygen atoms in total. The highest BCUT2D eigenvalue weighted by molar-refractivity contribution is 5.83. The lowest BCUT2D eigenvalue weighted by molar-refractivity contribution is -0.254. The molecule has 18 heavy (non-hydrogen) atoms. The molecule has 102 valence electrons. The quantitative estimate of drug-likeness (QED) is 0.561. The van der Waals surface area contributed by atoms with E-state index in [1.807, 2.05) is 34.6 Å². The highest BCUT2D eigenvalue weighted by Gasteiger charge is 2.46. The molecular weight excluding hydrogens is 228 g/mol. The first-order chi connectivity index (χ1) is 8.14. The Morgan fingerprint density at radius 3 is 2.50 bits per heavy atom. The Hall–Kier alpha value is -1.25. The van der Waals surface area contributed by atoms with Crippen molar-refractivity contribution < 1.29 is 14.3 Å². The molecule has 1 rings (SSSR count). The molecular formula is C15H24O3. The molecule has 1 unspecified atom stereocenters. The molecule has 0 bridgehead atoms. The Kier molecular flexibility index (Phi) is 4.25. The minimum Gasteiger partial charge on any atom is -0.456 e. The molecule has 1 aliphatic rings. The molecule has 0 radical (unpaired) electrons. The molecule has 0 saturated heterocycles. The number of ether oxygens (including phenoxy) is 2. The van der Waals surface area contributed by atoms with Crippen molar-refractivity contribution in [1.29, 1.82) is 0 Å². The van der Waals surface area contributed by atoms with Crippen molar-refractivity contribution in [3.63, 3.8) is 0 Å². The van der Waals surface area contributed by atoms with Crippen LogP contribution in [0.2, 0.25) is 0 Å². The number of carbonyl (C=O) groups is 1. The van der Waals surface area contributed by atoms with Gasteiger partial charge in [0.05, 0.1) is 6.08 Å². The number of hydrogen-bond acceptors (Lipinski definition) is 3. The van der Waals surface area contributed by atoms with E-state index >= 15 is 0 Å². The monoisotopic (exact) mass is 252 g/mol. The first kappa shape index (κ1) is 14.8. The molecule has 0 aromatic rings. The molecule has 3 heteroatoms. The average molecular weight is 252 g/mol. The van der Waals surface area contributed by atoms with Gasteiger partial charge in [-0.2, -0.15) is 0 Å². The first-order valence-electron chi connectivity index (χ1n) is 6.41. The molecule has 0 aromatic carbocycles. The van der Waals surface area contributed by atoms with Crippen LogP contribution in [-0.2, 0) is 14.3 Å². The van der Waals surface area contributed by atoms with E-state index < -0.39 is 5.79 Å². The van der Waals surface area contributed by atoms with Crippen LogP contribution in [0.3, 0.4) is 0 Å². The average Bonchev–Trinajstić information content (AvgIpc) is 2.13. The van der Waals surface area contributed by atoms with Crippen molar-refractivity contribution in [2.45, 2.75) is 59.7 Å². The summed E-state index contributed by atoms with van der Waals surface area (Å²) >= 11 is 0. The molecule has 0 amide bonds. The van der Waals surface area contributed by atoms with Gasteiger partial charge in [-0.05, 0) is 19.8 Å². The van der Waals surface area contributed by atoms with Crippen LogP contribution in [0.5, 0.6) is 0 Å². The normalized spacial score (nSPS) is 24.1. The predicted octanol–water partition coefficient (Wildman–Crippen LogP) is 3.95. The Morgan fingerprint density at radius 2 is 2.00 bits per heavy atom.